The smallest absolute Gasteiger partial charge is 0.224 e. The molecule has 0 amide bonds. The third-order valence-corrected chi connectivity index (χ3v) is 2.84. The molecular formula is C11H13BrN4O. The molecule has 2 N–H and O–H groups in total. The number of hydrogen-bond donors (Lipinski definition) is 2. The van der Waals surface area contributed by atoms with Gasteiger partial charge < -0.3 is 10.1 Å². The van der Waals surface area contributed by atoms with Gasteiger partial charge in [0, 0.05) is 24.5 Å². The van der Waals surface area contributed by atoms with Gasteiger partial charge in [0.05, 0.1) is 12.6 Å². The van der Waals surface area contributed by atoms with Gasteiger partial charge in [-0.2, -0.15) is 0 Å². The fraction of sp³-hybridized carbons (Fsp3) is 0.273. The van der Waals surface area contributed by atoms with Gasteiger partial charge in [0.15, 0.2) is 0 Å². The topological polar surface area (TPSA) is 62.9 Å². The largest absolute Gasteiger partial charge is 0.497 e. The molecule has 0 atom stereocenters. The first kappa shape index (κ1) is 11.9. The van der Waals surface area contributed by atoms with Crippen molar-refractivity contribution in [1.29, 1.82) is 5.41 Å². The summed E-state index contributed by atoms with van der Waals surface area (Å²) in [5, 5.41) is 12.2. The minimum absolute atomic E-state index is 0. The minimum atomic E-state index is 0. The van der Waals surface area contributed by atoms with Crippen LogP contribution in [-0.4, -0.2) is 23.2 Å². The average Bonchev–Trinajstić information content (AvgIpc) is 2.78. The third-order valence-electron chi connectivity index (χ3n) is 2.84. The molecule has 0 fully saturated rings. The van der Waals surface area contributed by atoms with Crippen LogP contribution in [0.4, 0.5) is 5.82 Å². The molecule has 6 heteroatoms. The summed E-state index contributed by atoms with van der Waals surface area (Å²) < 4.78 is 7.04. The second-order valence-corrected chi connectivity index (χ2v) is 3.75. The lowest BCUT2D eigenvalue weighted by Crippen LogP contribution is -2.21. The van der Waals surface area contributed by atoms with Gasteiger partial charge in [-0.05, 0) is 12.1 Å². The van der Waals surface area contributed by atoms with E-state index < -0.39 is 0 Å². The van der Waals surface area contributed by atoms with Crippen molar-refractivity contribution in [3.05, 3.63) is 23.8 Å². The SMILES string of the molecule is Br.COc1ccc2c3n(c(=N)nc2c1)CCN3. The molecule has 5 nitrogen and oxygen atoms in total. The van der Waals surface area contributed by atoms with E-state index in [0.29, 0.717) is 5.62 Å². The molecule has 1 aromatic carbocycles. The van der Waals surface area contributed by atoms with Crippen LogP contribution in [0.25, 0.3) is 10.9 Å². The number of aromatic nitrogens is 2. The van der Waals surface area contributed by atoms with Crippen LogP contribution in [0.1, 0.15) is 0 Å². The number of anilines is 1. The first-order chi connectivity index (χ1) is 7.79. The normalized spacial score (nSPS) is 12.8. The van der Waals surface area contributed by atoms with Crippen LogP contribution in [0.3, 0.4) is 0 Å². The first-order valence-corrected chi connectivity index (χ1v) is 5.16. The molecule has 0 spiro atoms. The highest BCUT2D eigenvalue weighted by Crippen LogP contribution is 2.25. The third kappa shape index (κ3) is 1.78. The number of benzene rings is 1. The lowest BCUT2D eigenvalue weighted by Gasteiger charge is -2.08. The van der Waals surface area contributed by atoms with Crippen molar-refractivity contribution in [2.24, 2.45) is 0 Å². The van der Waals surface area contributed by atoms with E-state index in [2.05, 4.69) is 10.3 Å². The minimum Gasteiger partial charge on any atom is -0.497 e. The van der Waals surface area contributed by atoms with E-state index in [1.54, 1.807) is 7.11 Å². The maximum absolute atomic E-state index is 7.83. The number of halogens is 1. The molecule has 90 valence electrons. The number of nitrogens with zero attached hydrogens (tertiary/aromatic N) is 2. The molecule has 1 aliphatic heterocycles. The average molecular weight is 297 g/mol. The van der Waals surface area contributed by atoms with E-state index >= 15 is 0 Å². The maximum atomic E-state index is 7.83. The molecule has 0 saturated carbocycles. The van der Waals surface area contributed by atoms with Crippen LogP contribution in [-0.2, 0) is 6.54 Å². The highest BCUT2D eigenvalue weighted by atomic mass is 79.9. The Morgan fingerprint density at radius 1 is 1.47 bits per heavy atom. The first-order valence-electron chi connectivity index (χ1n) is 5.16. The molecule has 3 rings (SSSR count). The number of ether oxygens (including phenoxy) is 1. The van der Waals surface area contributed by atoms with Crippen molar-refractivity contribution >= 4 is 33.7 Å². The number of fused-ring (bicyclic) bond motifs is 3. The predicted molar refractivity (Wildman–Crippen MR) is 71.0 cm³/mol. The zero-order valence-corrected chi connectivity index (χ0v) is 11.1. The summed E-state index contributed by atoms with van der Waals surface area (Å²) in [5.74, 6) is 1.75. The lowest BCUT2D eigenvalue weighted by molar-refractivity contribution is 0.415. The molecule has 2 heterocycles. The van der Waals surface area contributed by atoms with E-state index in [1.165, 1.54) is 0 Å². The van der Waals surface area contributed by atoms with Crippen LogP contribution in [0.5, 0.6) is 5.75 Å². The summed E-state index contributed by atoms with van der Waals surface area (Å²) >= 11 is 0. The molecule has 1 aliphatic rings. The zero-order chi connectivity index (χ0) is 11.1. The van der Waals surface area contributed by atoms with Crippen molar-refractivity contribution < 1.29 is 4.74 Å². The Kier molecular flexibility index (Phi) is 3.06. The van der Waals surface area contributed by atoms with Crippen molar-refractivity contribution in [2.75, 3.05) is 19.0 Å². The second kappa shape index (κ2) is 4.37. The Labute approximate surface area is 109 Å². The molecule has 17 heavy (non-hydrogen) atoms. The van der Waals surface area contributed by atoms with Gasteiger partial charge in [-0.25, -0.2) is 4.98 Å². The summed E-state index contributed by atoms with van der Waals surface area (Å²) in [6, 6.07) is 5.74. The summed E-state index contributed by atoms with van der Waals surface area (Å²) in [6.45, 7) is 1.67. The Morgan fingerprint density at radius 3 is 3.06 bits per heavy atom. The van der Waals surface area contributed by atoms with Crippen molar-refractivity contribution in [2.45, 2.75) is 6.54 Å². The summed E-state index contributed by atoms with van der Waals surface area (Å²) in [6.07, 6.45) is 0. The molecule has 0 unspecified atom stereocenters. The molecule has 2 aromatic rings. The van der Waals surface area contributed by atoms with Crippen LogP contribution in [0.15, 0.2) is 18.2 Å². The molecule has 0 bridgehead atoms. The van der Waals surface area contributed by atoms with Crippen molar-refractivity contribution in [3.63, 3.8) is 0 Å². The molecule has 0 radical (unpaired) electrons. The Bertz CT molecular complexity index is 623. The molecule has 1 aromatic heterocycles. The predicted octanol–water partition coefficient (Wildman–Crippen LogP) is 1.53. The van der Waals surface area contributed by atoms with Crippen LogP contribution < -0.4 is 15.7 Å². The van der Waals surface area contributed by atoms with E-state index in [4.69, 9.17) is 10.1 Å². The van der Waals surface area contributed by atoms with Gasteiger partial charge >= 0.3 is 0 Å². The highest BCUT2D eigenvalue weighted by Gasteiger charge is 2.14. The van der Waals surface area contributed by atoms with Gasteiger partial charge in [0.1, 0.15) is 11.6 Å². The summed E-state index contributed by atoms with van der Waals surface area (Å²) in [4.78, 5) is 4.27. The van der Waals surface area contributed by atoms with Crippen molar-refractivity contribution in [3.8, 4) is 5.75 Å². The fourth-order valence-corrected chi connectivity index (χ4v) is 2.05. The van der Waals surface area contributed by atoms with Gasteiger partial charge in [-0.3, -0.25) is 9.98 Å². The van der Waals surface area contributed by atoms with Gasteiger partial charge in [0.2, 0.25) is 5.62 Å². The molecular weight excluding hydrogens is 284 g/mol. The molecule has 0 aliphatic carbocycles. The second-order valence-electron chi connectivity index (χ2n) is 3.75. The maximum Gasteiger partial charge on any atom is 0.224 e. The van der Waals surface area contributed by atoms with E-state index in [0.717, 1.165) is 35.6 Å². The molecule has 0 saturated heterocycles. The van der Waals surface area contributed by atoms with Gasteiger partial charge in [-0.1, -0.05) is 0 Å². The van der Waals surface area contributed by atoms with E-state index in [1.807, 2.05) is 22.8 Å². The van der Waals surface area contributed by atoms with Crippen LogP contribution in [0, 0.1) is 5.41 Å². The van der Waals surface area contributed by atoms with E-state index in [9.17, 15) is 0 Å². The summed E-state index contributed by atoms with van der Waals surface area (Å²) in [5.41, 5.74) is 1.09. The van der Waals surface area contributed by atoms with E-state index in [-0.39, 0.29) is 17.0 Å². The zero-order valence-electron chi connectivity index (χ0n) is 9.36. The Morgan fingerprint density at radius 2 is 2.29 bits per heavy atom. The van der Waals surface area contributed by atoms with Crippen LogP contribution >= 0.6 is 17.0 Å². The van der Waals surface area contributed by atoms with Gasteiger partial charge in [-0.15, -0.1) is 17.0 Å². The number of rotatable bonds is 1. The summed E-state index contributed by atoms with van der Waals surface area (Å²) in [7, 11) is 1.63. The van der Waals surface area contributed by atoms with Gasteiger partial charge in [0.25, 0.3) is 0 Å². The van der Waals surface area contributed by atoms with Crippen LogP contribution in [0.2, 0.25) is 0 Å². The quantitative estimate of drug-likeness (QED) is 0.839. The monoisotopic (exact) mass is 296 g/mol. The Balaban J connectivity index is 0.00000108. The number of hydrogen-bond acceptors (Lipinski definition) is 4. The van der Waals surface area contributed by atoms with Crippen molar-refractivity contribution in [1.82, 2.24) is 9.55 Å². The highest BCUT2D eigenvalue weighted by molar-refractivity contribution is 8.93. The lowest BCUT2D eigenvalue weighted by atomic mass is 10.2. The fourth-order valence-electron chi connectivity index (χ4n) is 2.05. The number of methoxy groups -OCH3 is 1. The standard InChI is InChI=1S/C11H12N4O.BrH/c1-16-7-2-3-8-9(6-7)14-11(12)15-5-4-13-10(8)15;/h2-3,6,12-13H,4-5H2,1H3;1H. The number of nitrogens with one attached hydrogen (secondary N) is 2. The Hall–Kier alpha value is -1.56.